The molecule has 1 atom stereocenters. The van der Waals surface area contributed by atoms with Crippen LogP contribution in [0.5, 0.6) is 0 Å². The Kier molecular flexibility index (Phi) is 3.41. The van der Waals surface area contributed by atoms with Crippen molar-refractivity contribution >= 4 is 0 Å². The van der Waals surface area contributed by atoms with Gasteiger partial charge in [0.05, 0.1) is 24.8 Å². The molecule has 0 bridgehead atoms. The van der Waals surface area contributed by atoms with Crippen LogP contribution in [0.1, 0.15) is 36.9 Å². The highest BCUT2D eigenvalue weighted by molar-refractivity contribution is 5.11. The second-order valence-electron chi connectivity index (χ2n) is 3.80. The molecular formula is C12H16N2O2. The molecule has 86 valence electrons. The van der Waals surface area contributed by atoms with Crippen LogP contribution in [-0.2, 0) is 13.0 Å². The van der Waals surface area contributed by atoms with Crippen LogP contribution in [0, 0.1) is 0 Å². The van der Waals surface area contributed by atoms with Gasteiger partial charge in [-0.3, -0.25) is 0 Å². The molecule has 2 heterocycles. The fourth-order valence-electron chi connectivity index (χ4n) is 1.50. The number of rotatable bonds is 5. The van der Waals surface area contributed by atoms with Gasteiger partial charge in [0.2, 0.25) is 0 Å². The van der Waals surface area contributed by atoms with Crippen LogP contribution in [0.4, 0.5) is 0 Å². The second kappa shape index (κ2) is 4.99. The highest BCUT2D eigenvalue weighted by atomic mass is 16.5. The van der Waals surface area contributed by atoms with Gasteiger partial charge in [0.25, 0.3) is 0 Å². The zero-order chi connectivity index (χ0) is 11.4. The Labute approximate surface area is 94.6 Å². The molecular weight excluding hydrogens is 204 g/mol. The predicted octanol–water partition coefficient (Wildman–Crippen LogP) is 2.68. The van der Waals surface area contributed by atoms with Crippen molar-refractivity contribution in [1.82, 2.24) is 10.5 Å². The molecule has 0 fully saturated rings. The first-order valence-corrected chi connectivity index (χ1v) is 5.49. The normalized spacial score (nSPS) is 12.9. The topological polar surface area (TPSA) is 51.2 Å². The quantitative estimate of drug-likeness (QED) is 0.841. The first kappa shape index (κ1) is 11.0. The van der Waals surface area contributed by atoms with Gasteiger partial charge in [-0.1, -0.05) is 12.1 Å². The summed E-state index contributed by atoms with van der Waals surface area (Å²) in [6, 6.07) is 4.18. The van der Waals surface area contributed by atoms with Crippen LogP contribution in [-0.4, -0.2) is 5.16 Å². The number of nitrogens with one attached hydrogen (secondary N) is 1. The van der Waals surface area contributed by atoms with E-state index in [4.69, 9.17) is 8.94 Å². The number of aromatic nitrogens is 1. The Balaban J connectivity index is 1.87. The van der Waals surface area contributed by atoms with Gasteiger partial charge in [0.1, 0.15) is 0 Å². The van der Waals surface area contributed by atoms with Gasteiger partial charge in [-0.2, -0.15) is 0 Å². The molecule has 0 amide bonds. The molecule has 4 nitrogen and oxygen atoms in total. The molecule has 0 aliphatic heterocycles. The molecule has 2 rings (SSSR count). The third-order valence-corrected chi connectivity index (χ3v) is 2.60. The van der Waals surface area contributed by atoms with E-state index in [1.807, 2.05) is 12.1 Å². The smallest absolute Gasteiger partial charge is 0.150 e. The Bertz CT molecular complexity index is 420. The summed E-state index contributed by atoms with van der Waals surface area (Å²) in [7, 11) is 0. The Hall–Kier alpha value is -1.55. The lowest BCUT2D eigenvalue weighted by atomic mass is 10.2. The summed E-state index contributed by atoms with van der Waals surface area (Å²) >= 11 is 0. The number of nitrogens with zero attached hydrogens (tertiary/aromatic N) is 1. The lowest BCUT2D eigenvalue weighted by Crippen LogP contribution is -2.17. The summed E-state index contributed by atoms with van der Waals surface area (Å²) in [4.78, 5) is 0. The van der Waals surface area contributed by atoms with Crippen molar-refractivity contribution < 1.29 is 8.94 Å². The minimum absolute atomic E-state index is 0.244. The van der Waals surface area contributed by atoms with E-state index in [1.165, 1.54) is 0 Å². The maximum Gasteiger partial charge on any atom is 0.150 e. The summed E-state index contributed by atoms with van der Waals surface area (Å²) in [5.74, 6) is 0.868. The third-order valence-electron chi connectivity index (χ3n) is 2.60. The molecule has 0 aromatic carbocycles. The fraction of sp³-hybridized carbons (Fsp3) is 0.417. The van der Waals surface area contributed by atoms with Crippen molar-refractivity contribution in [2.45, 2.75) is 32.9 Å². The molecule has 2 aromatic heterocycles. The maximum absolute atomic E-state index is 5.19. The van der Waals surface area contributed by atoms with Crippen molar-refractivity contribution in [1.29, 1.82) is 0 Å². The second-order valence-corrected chi connectivity index (χ2v) is 3.80. The van der Waals surface area contributed by atoms with Gasteiger partial charge in [-0.15, -0.1) is 0 Å². The molecule has 1 N–H and O–H groups in total. The van der Waals surface area contributed by atoms with Crippen molar-refractivity contribution in [3.8, 4) is 0 Å². The molecule has 1 unspecified atom stereocenters. The molecule has 0 spiro atoms. The van der Waals surface area contributed by atoms with Crippen LogP contribution in [0.3, 0.4) is 0 Å². The third kappa shape index (κ3) is 2.52. The van der Waals surface area contributed by atoms with E-state index in [0.717, 1.165) is 23.4 Å². The molecule has 2 aromatic rings. The van der Waals surface area contributed by atoms with Crippen LogP contribution >= 0.6 is 0 Å². The zero-order valence-corrected chi connectivity index (χ0v) is 9.56. The molecule has 0 radical (unpaired) electrons. The lowest BCUT2D eigenvalue weighted by Gasteiger charge is -2.09. The molecule has 4 heteroatoms. The van der Waals surface area contributed by atoms with E-state index < -0.39 is 0 Å². The number of furan rings is 1. The Morgan fingerprint density at radius 1 is 1.50 bits per heavy atom. The van der Waals surface area contributed by atoms with Crippen molar-refractivity contribution in [2.75, 3.05) is 0 Å². The first-order valence-electron chi connectivity index (χ1n) is 5.49. The Morgan fingerprint density at radius 3 is 3.00 bits per heavy atom. The van der Waals surface area contributed by atoms with Crippen LogP contribution < -0.4 is 5.32 Å². The van der Waals surface area contributed by atoms with E-state index in [2.05, 4.69) is 24.3 Å². The first-order chi connectivity index (χ1) is 7.79. The molecule has 0 aliphatic rings. The Morgan fingerprint density at radius 2 is 2.38 bits per heavy atom. The van der Waals surface area contributed by atoms with Crippen molar-refractivity contribution in [3.63, 3.8) is 0 Å². The monoisotopic (exact) mass is 220 g/mol. The van der Waals surface area contributed by atoms with Crippen LogP contribution in [0.15, 0.2) is 33.6 Å². The zero-order valence-electron chi connectivity index (χ0n) is 9.56. The molecule has 0 aliphatic carbocycles. The highest BCUT2D eigenvalue weighted by Crippen LogP contribution is 2.13. The van der Waals surface area contributed by atoms with E-state index in [0.29, 0.717) is 6.54 Å². The number of hydrogen-bond donors (Lipinski definition) is 1. The van der Waals surface area contributed by atoms with E-state index in [9.17, 15) is 0 Å². The minimum Gasteiger partial charge on any atom is -0.472 e. The van der Waals surface area contributed by atoms with Crippen LogP contribution in [0.25, 0.3) is 0 Å². The van der Waals surface area contributed by atoms with Crippen LogP contribution in [0.2, 0.25) is 0 Å². The SMILES string of the molecule is CCc1cc(CNC(C)c2ccoc2)on1. The molecule has 16 heavy (non-hydrogen) atoms. The van der Waals surface area contributed by atoms with Gasteiger partial charge in [-0.25, -0.2) is 0 Å². The highest BCUT2D eigenvalue weighted by Gasteiger charge is 2.08. The van der Waals surface area contributed by atoms with E-state index in [1.54, 1.807) is 12.5 Å². The summed E-state index contributed by atoms with van der Waals surface area (Å²) in [6.45, 7) is 4.82. The molecule has 0 saturated carbocycles. The van der Waals surface area contributed by atoms with Gasteiger partial charge in [0.15, 0.2) is 5.76 Å². The number of aryl methyl sites for hydroxylation is 1. The van der Waals surface area contributed by atoms with E-state index >= 15 is 0 Å². The summed E-state index contributed by atoms with van der Waals surface area (Å²) in [5.41, 5.74) is 2.13. The van der Waals surface area contributed by atoms with Crippen molar-refractivity contribution in [3.05, 3.63) is 41.7 Å². The van der Waals surface area contributed by atoms with Crippen molar-refractivity contribution in [2.24, 2.45) is 0 Å². The largest absolute Gasteiger partial charge is 0.472 e. The predicted molar refractivity (Wildman–Crippen MR) is 59.8 cm³/mol. The van der Waals surface area contributed by atoms with Gasteiger partial charge in [-0.05, 0) is 19.4 Å². The molecule has 0 saturated heterocycles. The maximum atomic E-state index is 5.19. The van der Waals surface area contributed by atoms with Gasteiger partial charge >= 0.3 is 0 Å². The van der Waals surface area contributed by atoms with Gasteiger partial charge < -0.3 is 14.3 Å². The van der Waals surface area contributed by atoms with E-state index in [-0.39, 0.29) is 6.04 Å². The number of hydrogen-bond acceptors (Lipinski definition) is 4. The standard InChI is InChI=1S/C12H16N2O2/c1-3-11-6-12(16-14-11)7-13-9(2)10-4-5-15-8-10/h4-6,8-9,13H,3,7H2,1-2H3. The van der Waals surface area contributed by atoms with Gasteiger partial charge in [0, 0.05) is 17.7 Å². The summed E-state index contributed by atoms with van der Waals surface area (Å²) in [6.07, 6.45) is 4.33. The minimum atomic E-state index is 0.244. The summed E-state index contributed by atoms with van der Waals surface area (Å²) < 4.78 is 10.2. The lowest BCUT2D eigenvalue weighted by molar-refractivity contribution is 0.361. The average molecular weight is 220 g/mol. The summed E-state index contributed by atoms with van der Waals surface area (Å²) in [5, 5.41) is 7.29. The average Bonchev–Trinajstić information content (AvgIpc) is 2.96. The fourth-order valence-corrected chi connectivity index (χ4v) is 1.50.